The second kappa shape index (κ2) is 4.03. The lowest BCUT2D eigenvalue weighted by Gasteiger charge is -2.06. The highest BCUT2D eigenvalue weighted by Crippen LogP contribution is 2.32. The van der Waals surface area contributed by atoms with Crippen LogP contribution in [0.15, 0.2) is 41.8 Å². The van der Waals surface area contributed by atoms with Crippen LogP contribution < -0.4 is 5.73 Å². The molecule has 2 N–H and O–H groups in total. The van der Waals surface area contributed by atoms with Crippen molar-refractivity contribution in [2.75, 3.05) is 5.73 Å². The maximum Gasteiger partial charge on any atom is 0.0859 e. The molecule has 14 heavy (non-hydrogen) atoms. The van der Waals surface area contributed by atoms with Crippen LogP contribution in [-0.4, -0.2) is 0 Å². The molecule has 3 heteroatoms. The molecule has 0 fully saturated rings. The average molecular weight is 224 g/mol. The third kappa shape index (κ3) is 1.91. The molecule has 1 nitrogen and oxygen atoms in total. The summed E-state index contributed by atoms with van der Waals surface area (Å²) in [6, 6.07) is 11.9. The smallest absolute Gasteiger partial charge is 0.0859 e. The fourth-order valence-electron chi connectivity index (χ4n) is 1.32. The van der Waals surface area contributed by atoms with Crippen LogP contribution in [-0.2, 0) is 0 Å². The molecule has 0 saturated carbocycles. The molecule has 0 radical (unpaired) electrons. The van der Waals surface area contributed by atoms with E-state index < -0.39 is 0 Å². The molecule has 0 spiro atoms. The summed E-state index contributed by atoms with van der Waals surface area (Å²) in [6.45, 7) is 0. The first-order chi connectivity index (χ1) is 6.77. The van der Waals surface area contributed by atoms with Crippen LogP contribution >= 0.6 is 22.9 Å². The Labute approximate surface area is 92.1 Å². The SMILES string of the molecule is Nc1cc(C(Cl)c2ccccc2)cs1. The van der Waals surface area contributed by atoms with Crippen molar-refractivity contribution in [2.45, 2.75) is 5.38 Å². The largest absolute Gasteiger partial charge is 0.391 e. The molecule has 0 aliphatic rings. The van der Waals surface area contributed by atoms with Crippen LogP contribution in [0.4, 0.5) is 5.00 Å². The first-order valence-corrected chi connectivity index (χ1v) is 5.62. The number of halogens is 1. The van der Waals surface area contributed by atoms with Gasteiger partial charge in [-0.1, -0.05) is 30.3 Å². The van der Waals surface area contributed by atoms with Crippen molar-refractivity contribution in [3.05, 3.63) is 52.9 Å². The number of alkyl halides is 1. The third-order valence-electron chi connectivity index (χ3n) is 2.02. The van der Waals surface area contributed by atoms with E-state index in [9.17, 15) is 0 Å². The summed E-state index contributed by atoms with van der Waals surface area (Å²) in [5, 5.41) is 2.71. The predicted octanol–water partition coefficient (Wildman–Crippen LogP) is 3.66. The zero-order valence-electron chi connectivity index (χ0n) is 7.48. The van der Waals surface area contributed by atoms with Gasteiger partial charge in [-0.25, -0.2) is 0 Å². The highest BCUT2D eigenvalue weighted by molar-refractivity contribution is 7.14. The summed E-state index contributed by atoms with van der Waals surface area (Å²) >= 11 is 7.82. The molecule has 2 aromatic rings. The monoisotopic (exact) mass is 223 g/mol. The number of benzene rings is 1. The van der Waals surface area contributed by atoms with Gasteiger partial charge in [0.1, 0.15) is 0 Å². The lowest BCUT2D eigenvalue weighted by molar-refractivity contribution is 1.16. The fraction of sp³-hybridized carbons (Fsp3) is 0.0909. The Bertz CT molecular complexity index is 410. The second-order valence-corrected chi connectivity index (χ2v) is 4.43. The number of hydrogen-bond acceptors (Lipinski definition) is 2. The van der Waals surface area contributed by atoms with Gasteiger partial charge in [0.05, 0.1) is 10.4 Å². The number of nitrogens with two attached hydrogens (primary N) is 1. The fourth-order valence-corrected chi connectivity index (χ4v) is 2.34. The standard InChI is InChI=1S/C11H10ClNS/c12-11(8-4-2-1-3-5-8)9-6-10(13)14-7-9/h1-7,11H,13H2. The molecule has 0 aliphatic carbocycles. The molecular weight excluding hydrogens is 214 g/mol. The van der Waals surface area contributed by atoms with Gasteiger partial charge < -0.3 is 5.73 Å². The van der Waals surface area contributed by atoms with Gasteiger partial charge in [0.15, 0.2) is 0 Å². The lowest BCUT2D eigenvalue weighted by atomic mass is 10.1. The van der Waals surface area contributed by atoms with Gasteiger partial charge in [-0.05, 0) is 22.6 Å². The minimum atomic E-state index is -0.0928. The quantitative estimate of drug-likeness (QED) is 0.773. The van der Waals surface area contributed by atoms with Crippen molar-refractivity contribution in [3.8, 4) is 0 Å². The van der Waals surface area contributed by atoms with E-state index in [1.165, 1.54) is 11.3 Å². The predicted molar refractivity (Wildman–Crippen MR) is 62.9 cm³/mol. The van der Waals surface area contributed by atoms with Crippen molar-refractivity contribution in [1.29, 1.82) is 0 Å². The van der Waals surface area contributed by atoms with Crippen molar-refractivity contribution in [1.82, 2.24) is 0 Å². The van der Waals surface area contributed by atoms with Gasteiger partial charge >= 0.3 is 0 Å². The Kier molecular flexibility index (Phi) is 2.75. The van der Waals surface area contributed by atoms with Crippen molar-refractivity contribution in [2.24, 2.45) is 0 Å². The maximum atomic E-state index is 6.30. The van der Waals surface area contributed by atoms with Gasteiger partial charge in [0.2, 0.25) is 0 Å². The van der Waals surface area contributed by atoms with Gasteiger partial charge in [0.25, 0.3) is 0 Å². The van der Waals surface area contributed by atoms with E-state index in [-0.39, 0.29) is 5.38 Å². The summed E-state index contributed by atoms with van der Waals surface area (Å²) in [5.74, 6) is 0. The van der Waals surface area contributed by atoms with Crippen LogP contribution in [0.2, 0.25) is 0 Å². The van der Waals surface area contributed by atoms with Crippen molar-refractivity contribution >= 4 is 27.9 Å². The van der Waals surface area contributed by atoms with Crippen LogP contribution in [0.1, 0.15) is 16.5 Å². The summed E-state index contributed by atoms with van der Waals surface area (Å²) in [5.41, 5.74) is 7.83. The van der Waals surface area contributed by atoms with Crippen LogP contribution in [0.5, 0.6) is 0 Å². The zero-order valence-corrected chi connectivity index (χ0v) is 9.05. The molecule has 72 valence electrons. The van der Waals surface area contributed by atoms with E-state index in [4.69, 9.17) is 17.3 Å². The van der Waals surface area contributed by atoms with Gasteiger partial charge in [-0.3, -0.25) is 0 Å². The Hall–Kier alpha value is -0.990. The maximum absolute atomic E-state index is 6.30. The third-order valence-corrected chi connectivity index (χ3v) is 3.31. The molecule has 0 aliphatic heterocycles. The molecular formula is C11H10ClNS. The first-order valence-electron chi connectivity index (χ1n) is 4.30. The Balaban J connectivity index is 2.29. The molecule has 0 bridgehead atoms. The van der Waals surface area contributed by atoms with Crippen molar-refractivity contribution in [3.63, 3.8) is 0 Å². The zero-order chi connectivity index (χ0) is 9.97. The van der Waals surface area contributed by atoms with Crippen LogP contribution in [0.25, 0.3) is 0 Å². The van der Waals surface area contributed by atoms with Gasteiger partial charge in [-0.15, -0.1) is 22.9 Å². The van der Waals surface area contributed by atoms with Gasteiger partial charge in [-0.2, -0.15) is 0 Å². The molecule has 0 saturated heterocycles. The minimum Gasteiger partial charge on any atom is -0.391 e. The Morgan fingerprint density at radius 3 is 2.43 bits per heavy atom. The summed E-state index contributed by atoms with van der Waals surface area (Å²) in [4.78, 5) is 0. The highest BCUT2D eigenvalue weighted by Gasteiger charge is 2.11. The second-order valence-electron chi connectivity index (χ2n) is 3.06. The number of hydrogen-bond donors (Lipinski definition) is 1. The summed E-state index contributed by atoms with van der Waals surface area (Å²) < 4.78 is 0. The topological polar surface area (TPSA) is 26.0 Å². The number of anilines is 1. The van der Waals surface area contributed by atoms with E-state index in [0.29, 0.717) is 0 Å². The van der Waals surface area contributed by atoms with Crippen LogP contribution in [0.3, 0.4) is 0 Å². The molecule has 1 aromatic carbocycles. The number of thiophene rings is 1. The molecule has 1 unspecified atom stereocenters. The molecule has 1 atom stereocenters. The van der Waals surface area contributed by atoms with Crippen molar-refractivity contribution < 1.29 is 0 Å². The van der Waals surface area contributed by atoms with E-state index in [0.717, 1.165) is 16.1 Å². The molecule has 1 aromatic heterocycles. The molecule has 0 amide bonds. The number of rotatable bonds is 2. The van der Waals surface area contributed by atoms with E-state index >= 15 is 0 Å². The van der Waals surface area contributed by atoms with Gasteiger partial charge in [0, 0.05) is 0 Å². The number of nitrogen functional groups attached to an aromatic ring is 1. The van der Waals surface area contributed by atoms with E-state index in [1.807, 2.05) is 41.8 Å². The summed E-state index contributed by atoms with van der Waals surface area (Å²) in [6.07, 6.45) is 0. The van der Waals surface area contributed by atoms with E-state index in [1.54, 1.807) is 0 Å². The average Bonchev–Trinajstić information content (AvgIpc) is 2.65. The first kappa shape index (κ1) is 9.56. The minimum absolute atomic E-state index is 0.0928. The van der Waals surface area contributed by atoms with Crippen LogP contribution in [0, 0.1) is 0 Å². The Morgan fingerprint density at radius 2 is 1.86 bits per heavy atom. The molecule has 2 rings (SSSR count). The Morgan fingerprint density at radius 1 is 1.14 bits per heavy atom. The normalized spacial score (nSPS) is 12.6. The highest BCUT2D eigenvalue weighted by atomic mass is 35.5. The lowest BCUT2D eigenvalue weighted by Crippen LogP contribution is -1.90. The molecule has 1 heterocycles. The van der Waals surface area contributed by atoms with E-state index in [2.05, 4.69) is 0 Å². The summed E-state index contributed by atoms with van der Waals surface area (Å²) in [7, 11) is 0.